The molecule has 4 heterocycles. The van der Waals surface area contributed by atoms with Crippen LogP contribution in [0.4, 0.5) is 28.3 Å². The van der Waals surface area contributed by atoms with Gasteiger partial charge in [0.05, 0.1) is 32.7 Å². The minimum absolute atomic E-state index is 0.0215. The number of aldehydes is 1. The number of nitrogens with one attached hydrogen (secondary N) is 4. The van der Waals surface area contributed by atoms with E-state index in [1.165, 1.54) is 0 Å². The molecule has 0 aliphatic carbocycles. The highest BCUT2D eigenvalue weighted by molar-refractivity contribution is 5.83. The van der Waals surface area contributed by atoms with Gasteiger partial charge in [-0.05, 0) is 82.3 Å². The van der Waals surface area contributed by atoms with Crippen molar-refractivity contribution in [2.45, 2.75) is 102 Å². The zero-order valence-electron chi connectivity index (χ0n) is 49.9. The minimum atomic E-state index is -1.16. The van der Waals surface area contributed by atoms with Crippen molar-refractivity contribution < 1.29 is 63.9 Å². The van der Waals surface area contributed by atoms with Crippen molar-refractivity contribution in [2.24, 2.45) is 5.73 Å². The third kappa shape index (κ3) is 27.6. The fourth-order valence-corrected chi connectivity index (χ4v) is 10.9. The first kappa shape index (κ1) is 69.9. The molecule has 2 aromatic rings. The average molecular weight is 1210 g/mol. The Bertz CT molecular complexity index is 2420. The van der Waals surface area contributed by atoms with E-state index < -0.39 is 48.0 Å². The standard InChI is InChI=1S/C57H94N16O13/c58-18-11-22-67-29-34-72(35-30-67)56-64-54(61-45-16-14-44(15-17-45)38-46-39-70(42-51(80)81)26-25-68(40-49(76)77)23-24-69(41-50(78)79)31-36-73(46)43-52(82)83)63-55(65-56)71-32-27-66(28-33-71)21-10-6-4-2-1-3-5-7-13-48(75)59-19-9-8-12-47(53(84)85)62-57(86)60-20-37-74/h14-17,37,46-47H,1-13,18-36,38-43,58H2,(H,59,75)(H,76,77)(H,78,79)(H,80,81)(H,82,83)(H,84,85)(H2,60,62,86)(H,61,63,64,65). The van der Waals surface area contributed by atoms with Gasteiger partial charge in [0.15, 0.2) is 0 Å². The molecule has 0 bridgehead atoms. The van der Waals surface area contributed by atoms with Crippen molar-refractivity contribution in [3.63, 3.8) is 0 Å². The molecule has 1 aromatic heterocycles. The summed E-state index contributed by atoms with van der Waals surface area (Å²) in [6, 6.07) is 5.32. The zero-order chi connectivity index (χ0) is 62.1. The molecule has 11 N–H and O–H groups in total. The average Bonchev–Trinajstić information content (AvgIpc) is 2.66. The van der Waals surface area contributed by atoms with Crippen molar-refractivity contribution in [1.29, 1.82) is 0 Å². The number of piperazine rings is 2. The molecule has 480 valence electrons. The van der Waals surface area contributed by atoms with Gasteiger partial charge in [0.1, 0.15) is 12.3 Å². The number of hydrogen-bond acceptors (Lipinski definition) is 21. The maximum absolute atomic E-state index is 12.3. The number of carbonyl (C=O) groups excluding carboxylic acids is 3. The number of carbonyl (C=O) groups is 8. The second-order valence-electron chi connectivity index (χ2n) is 22.4. The summed E-state index contributed by atoms with van der Waals surface area (Å²) in [6.45, 7) is 9.31. The lowest BCUT2D eigenvalue weighted by atomic mass is 10.0. The monoisotopic (exact) mass is 1210 g/mol. The topological polar surface area (TPSA) is 376 Å². The van der Waals surface area contributed by atoms with Gasteiger partial charge in [0.2, 0.25) is 23.8 Å². The molecule has 3 aliphatic rings. The van der Waals surface area contributed by atoms with E-state index in [4.69, 9.17) is 20.7 Å². The summed E-state index contributed by atoms with van der Waals surface area (Å²) in [7, 11) is 0. The number of hydrogen-bond donors (Lipinski definition) is 10. The molecule has 0 radical (unpaired) electrons. The van der Waals surface area contributed by atoms with Gasteiger partial charge in [-0.25, -0.2) is 9.59 Å². The molecule has 29 nitrogen and oxygen atoms in total. The number of benzene rings is 1. The smallest absolute Gasteiger partial charge is 0.326 e. The number of rotatable bonds is 37. The Kier molecular flexibility index (Phi) is 31.7. The number of carboxylic acid groups (broad SMARTS) is 5. The molecule has 3 fully saturated rings. The van der Waals surface area contributed by atoms with Gasteiger partial charge in [-0.1, -0.05) is 50.7 Å². The van der Waals surface area contributed by atoms with Gasteiger partial charge in [-0.2, -0.15) is 15.0 Å². The van der Waals surface area contributed by atoms with Gasteiger partial charge < -0.3 is 67.1 Å². The second-order valence-corrected chi connectivity index (χ2v) is 22.4. The summed E-state index contributed by atoms with van der Waals surface area (Å²) in [4.78, 5) is 125. The van der Waals surface area contributed by atoms with E-state index in [1.807, 2.05) is 24.3 Å². The third-order valence-corrected chi connectivity index (χ3v) is 15.7. The van der Waals surface area contributed by atoms with E-state index in [1.54, 1.807) is 19.6 Å². The lowest BCUT2D eigenvalue weighted by Gasteiger charge is -2.37. The Morgan fingerprint density at radius 1 is 0.558 bits per heavy atom. The van der Waals surface area contributed by atoms with Crippen molar-refractivity contribution >= 4 is 71.6 Å². The molecule has 0 spiro atoms. The quantitative estimate of drug-likeness (QED) is 0.0324. The number of nitrogens with two attached hydrogens (primary N) is 1. The number of anilines is 4. The first-order valence-electron chi connectivity index (χ1n) is 30.5. The molecular formula is C57H94N16O13. The summed E-state index contributed by atoms with van der Waals surface area (Å²) >= 11 is 0. The molecule has 2 unspecified atom stereocenters. The van der Waals surface area contributed by atoms with Crippen molar-refractivity contribution in [3.8, 4) is 0 Å². The maximum atomic E-state index is 12.3. The number of aliphatic carboxylic acids is 5. The maximum Gasteiger partial charge on any atom is 0.326 e. The van der Waals surface area contributed by atoms with Crippen LogP contribution in [0.5, 0.6) is 0 Å². The summed E-state index contributed by atoms with van der Waals surface area (Å²) < 4.78 is 0. The van der Waals surface area contributed by atoms with Crippen molar-refractivity contribution in [1.82, 2.24) is 60.3 Å². The largest absolute Gasteiger partial charge is 0.480 e. The zero-order valence-corrected chi connectivity index (χ0v) is 49.9. The molecule has 29 heteroatoms. The van der Waals surface area contributed by atoms with Crippen LogP contribution in [0.1, 0.15) is 89.0 Å². The molecule has 3 amide bonds. The van der Waals surface area contributed by atoms with Crippen LogP contribution in [0.2, 0.25) is 0 Å². The first-order valence-corrected chi connectivity index (χ1v) is 30.5. The molecule has 3 aliphatic heterocycles. The fourth-order valence-electron chi connectivity index (χ4n) is 10.9. The predicted octanol–water partition coefficient (Wildman–Crippen LogP) is 0.428. The van der Waals surface area contributed by atoms with E-state index >= 15 is 0 Å². The number of carboxylic acids is 5. The Balaban J connectivity index is 1.12. The van der Waals surface area contributed by atoms with Crippen LogP contribution in [0, 0.1) is 0 Å². The van der Waals surface area contributed by atoms with Crippen LogP contribution < -0.4 is 36.8 Å². The molecular weight excluding hydrogens is 1120 g/mol. The van der Waals surface area contributed by atoms with Gasteiger partial charge in [0.25, 0.3) is 0 Å². The molecule has 0 saturated carbocycles. The number of urea groups is 1. The van der Waals surface area contributed by atoms with Gasteiger partial charge in [-0.15, -0.1) is 0 Å². The molecule has 1 aromatic carbocycles. The summed E-state index contributed by atoms with van der Waals surface area (Å²) in [5.74, 6) is -3.90. The number of nitrogens with zero attached hydrogens (tertiary/aromatic N) is 11. The second kappa shape index (κ2) is 39.0. The van der Waals surface area contributed by atoms with E-state index in [0.717, 1.165) is 129 Å². The van der Waals surface area contributed by atoms with Crippen molar-refractivity contribution in [3.05, 3.63) is 29.8 Å². The van der Waals surface area contributed by atoms with Crippen LogP contribution in [0.25, 0.3) is 0 Å². The fraction of sp³-hybridized carbons (Fsp3) is 0.702. The number of aromatic nitrogens is 3. The third-order valence-electron chi connectivity index (χ3n) is 15.7. The highest BCUT2D eigenvalue weighted by Crippen LogP contribution is 2.24. The highest BCUT2D eigenvalue weighted by Gasteiger charge is 2.29. The highest BCUT2D eigenvalue weighted by atomic mass is 16.4. The molecule has 2 atom stereocenters. The molecule has 86 heavy (non-hydrogen) atoms. The Morgan fingerprint density at radius 3 is 1.59 bits per heavy atom. The number of unbranched alkanes of at least 4 members (excludes halogenated alkanes) is 8. The summed E-state index contributed by atoms with van der Waals surface area (Å²) in [6.07, 6.45) is 12.1. The predicted molar refractivity (Wildman–Crippen MR) is 322 cm³/mol. The lowest BCUT2D eigenvalue weighted by molar-refractivity contribution is -0.142. The summed E-state index contributed by atoms with van der Waals surface area (Å²) in [5.41, 5.74) is 7.37. The van der Waals surface area contributed by atoms with Crippen LogP contribution in [-0.4, -0.2) is 287 Å². The van der Waals surface area contributed by atoms with E-state index in [9.17, 15) is 63.9 Å². The number of amides is 3. The normalized spacial score (nSPS) is 17.8. The van der Waals surface area contributed by atoms with Gasteiger partial charge in [-0.3, -0.25) is 53.4 Å². The van der Waals surface area contributed by atoms with Gasteiger partial charge >= 0.3 is 35.9 Å². The SMILES string of the molecule is NCCCN1CCN(c2nc(Nc3ccc(CC4CN(CC(=O)O)CCN(CC(=O)O)CCN(CC(=O)O)CCN4CC(=O)O)cc3)nc(N3CCN(CCCCCCCCCCC(=O)NCCCCC(NC(=O)NCC=O)C(=O)O)CC3)n2)CC1. The minimum Gasteiger partial charge on any atom is -0.480 e. The van der Waals surface area contributed by atoms with E-state index in [-0.39, 0.29) is 90.9 Å². The van der Waals surface area contributed by atoms with Crippen LogP contribution in [0.3, 0.4) is 0 Å². The van der Waals surface area contributed by atoms with Crippen LogP contribution in [-0.2, 0) is 40.0 Å². The van der Waals surface area contributed by atoms with E-state index in [0.29, 0.717) is 68.6 Å². The van der Waals surface area contributed by atoms with Crippen molar-refractivity contribution in [2.75, 3.05) is 172 Å². The lowest BCUT2D eigenvalue weighted by Crippen LogP contribution is -2.53. The van der Waals surface area contributed by atoms with Crippen LogP contribution in [0.15, 0.2) is 24.3 Å². The van der Waals surface area contributed by atoms with E-state index in [2.05, 4.69) is 40.9 Å². The van der Waals surface area contributed by atoms with Crippen LogP contribution >= 0.6 is 0 Å². The Hall–Kier alpha value is -6.89. The Labute approximate surface area is 504 Å². The molecule has 5 rings (SSSR count). The summed E-state index contributed by atoms with van der Waals surface area (Å²) in [5, 5.41) is 59.5. The van der Waals surface area contributed by atoms with Gasteiger partial charge in [0, 0.05) is 123 Å². The first-order chi connectivity index (χ1) is 41.5. The molecule has 3 saturated heterocycles. The Morgan fingerprint density at radius 2 is 1.06 bits per heavy atom.